The number of aromatic amines is 1. The summed E-state index contributed by atoms with van der Waals surface area (Å²) in [6.45, 7) is 0. The van der Waals surface area contributed by atoms with Crippen LogP contribution in [-0.2, 0) is 0 Å². The first-order valence-electron chi connectivity index (χ1n) is 7.78. The highest BCUT2D eigenvalue weighted by Crippen LogP contribution is 2.40. The van der Waals surface area contributed by atoms with Crippen LogP contribution in [0.1, 0.15) is 27.4 Å². The number of alkyl halides is 2. The minimum atomic E-state index is -2.85. The molecule has 0 radical (unpaired) electrons. The maximum atomic E-state index is 14.0. The van der Waals surface area contributed by atoms with Crippen LogP contribution in [-0.4, -0.2) is 34.5 Å². The Hall–Kier alpha value is -3.49. The molecule has 1 heterocycles. The van der Waals surface area contributed by atoms with Gasteiger partial charge in [-0.3, -0.25) is 10.1 Å². The molecule has 0 saturated heterocycles. The Bertz CT molecular complexity index is 1030. The summed E-state index contributed by atoms with van der Waals surface area (Å²) in [6.07, 6.45) is -1.48. The molecule has 0 spiro atoms. The number of aromatic carboxylic acids is 1. The minimum absolute atomic E-state index is 0.0000177. The highest BCUT2D eigenvalue weighted by molar-refractivity contribution is 5.89. The van der Waals surface area contributed by atoms with Gasteiger partial charge in [-0.05, 0) is 23.8 Å². The van der Waals surface area contributed by atoms with E-state index < -0.39 is 23.2 Å². The van der Waals surface area contributed by atoms with Gasteiger partial charge in [0.05, 0.1) is 23.5 Å². The van der Waals surface area contributed by atoms with Crippen molar-refractivity contribution in [1.29, 1.82) is 0 Å². The molecule has 0 aliphatic rings. The predicted molar refractivity (Wildman–Crippen MR) is 92.8 cm³/mol. The molecule has 7 nitrogen and oxygen atoms in total. The number of carboxylic acid groups (broad SMARTS) is 1. The molecule has 9 heteroatoms. The lowest BCUT2D eigenvalue weighted by atomic mass is 9.89. The maximum Gasteiger partial charge on any atom is 0.335 e. The van der Waals surface area contributed by atoms with Gasteiger partial charge in [-0.2, -0.15) is 0 Å². The van der Waals surface area contributed by atoms with E-state index in [1.54, 1.807) is 0 Å². The summed E-state index contributed by atoms with van der Waals surface area (Å²) in [4.78, 5) is 24.4. The molecule has 0 amide bonds. The van der Waals surface area contributed by atoms with E-state index in [4.69, 9.17) is 9.84 Å². The number of carboxylic acids is 1. The average Bonchev–Trinajstić information content (AvgIpc) is 3.04. The molecule has 1 unspecified atom stereocenters. The van der Waals surface area contributed by atoms with Gasteiger partial charge in [0.2, 0.25) is 6.43 Å². The second-order valence-electron chi connectivity index (χ2n) is 5.81. The number of fused-ring (bicyclic) bond motifs is 1. The number of hydrogen-bond acceptors (Lipinski definition) is 4. The zero-order chi connectivity index (χ0) is 19.7. The van der Waals surface area contributed by atoms with E-state index in [9.17, 15) is 23.7 Å². The van der Waals surface area contributed by atoms with Crippen LogP contribution >= 0.6 is 0 Å². The van der Waals surface area contributed by atoms with Gasteiger partial charge in [-0.25, -0.2) is 13.6 Å². The lowest BCUT2D eigenvalue weighted by Gasteiger charge is -2.19. The van der Waals surface area contributed by atoms with Crippen molar-refractivity contribution in [2.45, 2.75) is 12.3 Å². The highest BCUT2D eigenvalue weighted by atomic mass is 19.3. The number of ether oxygens (including phenoxy) is 1. The molecule has 0 fully saturated rings. The Kier molecular flexibility index (Phi) is 4.76. The van der Waals surface area contributed by atoms with Crippen molar-refractivity contribution in [1.82, 2.24) is 4.98 Å². The van der Waals surface area contributed by atoms with Crippen LogP contribution in [0.25, 0.3) is 10.9 Å². The molecule has 3 rings (SSSR count). The van der Waals surface area contributed by atoms with Gasteiger partial charge in [0.15, 0.2) is 0 Å². The Labute approximate surface area is 151 Å². The third kappa shape index (κ3) is 3.31. The molecule has 1 aromatic heterocycles. The fourth-order valence-corrected chi connectivity index (χ4v) is 3.04. The summed E-state index contributed by atoms with van der Waals surface area (Å²) < 4.78 is 33.1. The molecule has 27 heavy (non-hydrogen) atoms. The largest absolute Gasteiger partial charge is 0.496 e. The number of hydrogen-bond donors (Lipinski definition) is 2. The summed E-state index contributed by atoms with van der Waals surface area (Å²) in [5.41, 5.74) is 0.403. The molecule has 2 N–H and O–H groups in total. The molecular formula is C18H14F2N2O5. The van der Waals surface area contributed by atoms with Crippen molar-refractivity contribution < 1.29 is 28.3 Å². The summed E-state index contributed by atoms with van der Waals surface area (Å²) in [5.74, 6) is -2.67. The summed E-state index contributed by atoms with van der Waals surface area (Å²) in [5, 5.41) is 20.4. The fraction of sp³-hybridized carbons (Fsp3) is 0.167. The summed E-state index contributed by atoms with van der Waals surface area (Å²) in [7, 11) is 1.26. The standard InChI is InChI=1S/C18H14F2N2O5/c1-27-15-6-9(18(23)24)2-4-11(15)16(17(19)20)13-8-21-14-5-3-10(22(25)26)7-12(13)14/h2-8,16-17,21H,1H3,(H,23,24). The first-order valence-corrected chi connectivity index (χ1v) is 7.78. The van der Waals surface area contributed by atoms with E-state index in [-0.39, 0.29) is 28.1 Å². The van der Waals surface area contributed by atoms with Crippen LogP contribution in [0.3, 0.4) is 0 Å². The Morgan fingerprint density at radius 3 is 2.56 bits per heavy atom. The number of nitrogens with one attached hydrogen (secondary N) is 1. The molecule has 0 saturated carbocycles. The topological polar surface area (TPSA) is 105 Å². The fourth-order valence-electron chi connectivity index (χ4n) is 3.04. The third-order valence-corrected chi connectivity index (χ3v) is 4.31. The van der Waals surface area contributed by atoms with Crippen molar-refractivity contribution >= 4 is 22.6 Å². The van der Waals surface area contributed by atoms with Crippen LogP contribution < -0.4 is 4.74 Å². The Morgan fingerprint density at radius 1 is 1.22 bits per heavy atom. The third-order valence-electron chi connectivity index (χ3n) is 4.31. The van der Waals surface area contributed by atoms with Gasteiger partial charge >= 0.3 is 5.97 Å². The van der Waals surface area contributed by atoms with E-state index in [0.29, 0.717) is 10.9 Å². The van der Waals surface area contributed by atoms with Crippen molar-refractivity contribution in [2.75, 3.05) is 7.11 Å². The second kappa shape index (κ2) is 7.02. The summed E-state index contributed by atoms with van der Waals surface area (Å²) in [6, 6.07) is 7.62. The predicted octanol–water partition coefficient (Wildman–Crippen LogP) is 4.18. The van der Waals surface area contributed by atoms with Gasteiger partial charge in [0.25, 0.3) is 5.69 Å². The molecule has 0 bridgehead atoms. The molecule has 2 aromatic carbocycles. The first kappa shape index (κ1) is 18.3. The number of aromatic nitrogens is 1. The van der Waals surface area contributed by atoms with E-state index in [1.807, 2.05) is 0 Å². The lowest BCUT2D eigenvalue weighted by Crippen LogP contribution is -2.13. The number of nitro groups is 1. The van der Waals surface area contributed by atoms with E-state index in [0.717, 1.165) is 0 Å². The van der Waals surface area contributed by atoms with Gasteiger partial charge in [-0.15, -0.1) is 0 Å². The zero-order valence-electron chi connectivity index (χ0n) is 14.0. The average molecular weight is 376 g/mol. The SMILES string of the molecule is COc1cc(C(=O)O)ccc1C(c1c[nH]c2ccc([N+](=O)[O-])cc12)C(F)F. The number of nitrogens with zero attached hydrogens (tertiary/aromatic N) is 1. The van der Waals surface area contributed by atoms with Crippen molar-refractivity contribution in [3.05, 3.63) is 69.4 Å². The van der Waals surface area contributed by atoms with E-state index in [2.05, 4.69) is 4.98 Å². The normalized spacial score (nSPS) is 12.3. The number of benzene rings is 2. The lowest BCUT2D eigenvalue weighted by molar-refractivity contribution is -0.384. The number of carbonyl (C=O) groups is 1. The number of non-ortho nitro benzene ring substituents is 1. The smallest absolute Gasteiger partial charge is 0.335 e. The second-order valence-corrected chi connectivity index (χ2v) is 5.81. The van der Waals surface area contributed by atoms with Crippen molar-refractivity contribution in [3.8, 4) is 5.75 Å². The van der Waals surface area contributed by atoms with Gasteiger partial charge in [0.1, 0.15) is 5.75 Å². The van der Waals surface area contributed by atoms with Crippen molar-refractivity contribution in [2.24, 2.45) is 0 Å². The number of halogens is 2. The quantitative estimate of drug-likeness (QED) is 0.496. The molecular weight excluding hydrogens is 362 g/mol. The van der Waals surface area contributed by atoms with Gasteiger partial charge in [0, 0.05) is 34.8 Å². The van der Waals surface area contributed by atoms with Crippen LogP contribution in [0.15, 0.2) is 42.6 Å². The van der Waals surface area contributed by atoms with Crippen LogP contribution in [0.2, 0.25) is 0 Å². The van der Waals surface area contributed by atoms with Crippen LogP contribution in [0, 0.1) is 10.1 Å². The Balaban J connectivity index is 2.20. The number of H-pyrrole nitrogens is 1. The van der Waals surface area contributed by atoms with Gasteiger partial charge < -0.3 is 14.8 Å². The first-order chi connectivity index (χ1) is 12.8. The van der Waals surface area contributed by atoms with Crippen LogP contribution in [0.5, 0.6) is 5.75 Å². The number of rotatable bonds is 6. The minimum Gasteiger partial charge on any atom is -0.496 e. The maximum absolute atomic E-state index is 14.0. The summed E-state index contributed by atoms with van der Waals surface area (Å²) >= 11 is 0. The van der Waals surface area contributed by atoms with E-state index >= 15 is 0 Å². The molecule has 0 aliphatic carbocycles. The monoisotopic (exact) mass is 376 g/mol. The molecule has 1 atom stereocenters. The number of nitro benzene ring substituents is 1. The molecule has 0 aliphatic heterocycles. The molecule has 140 valence electrons. The van der Waals surface area contributed by atoms with E-state index in [1.165, 1.54) is 49.7 Å². The van der Waals surface area contributed by atoms with Crippen molar-refractivity contribution in [3.63, 3.8) is 0 Å². The molecule has 3 aromatic rings. The van der Waals surface area contributed by atoms with Gasteiger partial charge in [-0.1, -0.05) is 6.07 Å². The zero-order valence-corrected chi connectivity index (χ0v) is 14.0. The number of methoxy groups -OCH3 is 1. The van der Waals surface area contributed by atoms with Crippen LogP contribution in [0.4, 0.5) is 14.5 Å². The highest BCUT2D eigenvalue weighted by Gasteiger charge is 2.30. The Morgan fingerprint density at radius 2 is 1.96 bits per heavy atom.